The van der Waals surface area contributed by atoms with Crippen LogP contribution in [0.3, 0.4) is 0 Å². The summed E-state index contributed by atoms with van der Waals surface area (Å²) in [4.78, 5) is 13.7. The highest BCUT2D eigenvalue weighted by Gasteiger charge is 2.59. The quantitative estimate of drug-likeness (QED) is 0.335. The molecular weight excluding hydrogens is 552 g/mol. The lowest BCUT2D eigenvalue weighted by Gasteiger charge is -2.27. The lowest BCUT2D eigenvalue weighted by molar-refractivity contribution is -0.128. The number of aromatic amines is 1. The molecule has 0 spiro atoms. The molecule has 3 aromatic carbocycles. The molecule has 11 nitrogen and oxygen atoms in total. The van der Waals surface area contributed by atoms with Gasteiger partial charge in [-0.3, -0.25) is 4.79 Å². The van der Waals surface area contributed by atoms with Gasteiger partial charge in [0.25, 0.3) is 10.0 Å². The first-order valence-electron chi connectivity index (χ1n) is 13.1. The summed E-state index contributed by atoms with van der Waals surface area (Å²) in [7, 11) is -8.10. The van der Waals surface area contributed by atoms with Crippen LogP contribution < -0.4 is 0 Å². The number of nitrogens with one attached hydrogen (secondary N) is 1. The van der Waals surface area contributed by atoms with Crippen molar-refractivity contribution >= 4 is 36.7 Å². The van der Waals surface area contributed by atoms with Crippen molar-refractivity contribution in [2.24, 2.45) is 5.92 Å². The number of benzene rings is 3. The van der Waals surface area contributed by atoms with E-state index in [4.69, 9.17) is 0 Å². The summed E-state index contributed by atoms with van der Waals surface area (Å²) in [6, 6.07) is 17.6. The number of aromatic nitrogens is 4. The maximum absolute atomic E-state index is 13.9. The molecule has 0 saturated carbocycles. The number of rotatable bonds is 8. The molecular formula is C27H28N6O5S2. The SMILES string of the molecule is CCC[C@H]1C(=O)N(S(=O)(=O)c2ccc3ccccc3c2)[C@H]2CCN(S(=O)(=O)Cc3cccc(-c4nnn[nH]4)c3)[C@H]12. The van der Waals surface area contributed by atoms with E-state index in [-0.39, 0.29) is 23.6 Å². The maximum atomic E-state index is 13.9. The third-order valence-electron chi connectivity index (χ3n) is 7.75. The van der Waals surface area contributed by atoms with E-state index < -0.39 is 44.0 Å². The zero-order valence-corrected chi connectivity index (χ0v) is 23.3. The van der Waals surface area contributed by atoms with Gasteiger partial charge in [0.1, 0.15) is 0 Å². The standard InChI is InChI=1S/C27H28N6O5S2/c1-2-6-23-25-24(33(27(23)34)40(37,38)22-12-11-19-8-3-4-9-20(19)16-22)13-14-32(25)39(35,36)17-18-7-5-10-21(15-18)26-28-30-31-29-26/h3-5,7-12,15-16,23-25H,2,6,13-14,17H2,1H3,(H,28,29,30,31)/t23-,24+,25-/m1/s1. The van der Waals surface area contributed by atoms with Gasteiger partial charge in [0.2, 0.25) is 15.9 Å². The topological polar surface area (TPSA) is 146 Å². The molecule has 13 heteroatoms. The molecule has 0 aliphatic carbocycles. The fourth-order valence-electron chi connectivity index (χ4n) is 6.02. The summed E-state index contributed by atoms with van der Waals surface area (Å²) < 4.78 is 57.7. The van der Waals surface area contributed by atoms with E-state index in [1.165, 1.54) is 10.4 Å². The molecule has 208 valence electrons. The minimum Gasteiger partial charge on any atom is -0.273 e. The molecule has 2 saturated heterocycles. The maximum Gasteiger partial charge on any atom is 0.266 e. The van der Waals surface area contributed by atoms with Crippen molar-refractivity contribution in [2.45, 2.75) is 48.9 Å². The van der Waals surface area contributed by atoms with Gasteiger partial charge in [0.05, 0.1) is 28.6 Å². The van der Waals surface area contributed by atoms with Crippen LogP contribution in [0.2, 0.25) is 0 Å². The molecule has 0 radical (unpaired) electrons. The van der Waals surface area contributed by atoms with E-state index in [0.29, 0.717) is 29.8 Å². The highest BCUT2D eigenvalue weighted by atomic mass is 32.2. The van der Waals surface area contributed by atoms with E-state index in [2.05, 4.69) is 20.6 Å². The van der Waals surface area contributed by atoms with Gasteiger partial charge in [-0.25, -0.2) is 26.2 Å². The fourth-order valence-corrected chi connectivity index (χ4v) is 9.53. The van der Waals surface area contributed by atoms with E-state index >= 15 is 0 Å². The Morgan fingerprint density at radius 2 is 1.77 bits per heavy atom. The Morgan fingerprint density at radius 1 is 0.975 bits per heavy atom. The van der Waals surface area contributed by atoms with E-state index in [0.717, 1.165) is 15.1 Å². The molecule has 3 heterocycles. The minimum absolute atomic E-state index is 0.0236. The summed E-state index contributed by atoms with van der Waals surface area (Å²) in [5.74, 6) is -1.16. The van der Waals surface area contributed by atoms with Gasteiger partial charge in [-0.05, 0) is 57.8 Å². The van der Waals surface area contributed by atoms with Crippen LogP contribution in [0.15, 0.2) is 71.6 Å². The van der Waals surface area contributed by atoms with Gasteiger partial charge in [-0.2, -0.15) is 4.31 Å². The smallest absolute Gasteiger partial charge is 0.266 e. The normalized spacial score (nSPS) is 21.8. The molecule has 0 bridgehead atoms. The number of tetrazole rings is 1. The molecule has 1 N–H and O–H groups in total. The lowest BCUT2D eigenvalue weighted by atomic mass is 9.95. The van der Waals surface area contributed by atoms with E-state index in [1.54, 1.807) is 36.4 Å². The Bertz CT molecular complexity index is 1790. The molecule has 0 unspecified atom stereocenters. The molecule has 1 amide bonds. The van der Waals surface area contributed by atoms with Crippen molar-refractivity contribution in [3.05, 3.63) is 72.3 Å². The van der Waals surface area contributed by atoms with Crippen LogP contribution in [0.1, 0.15) is 31.7 Å². The van der Waals surface area contributed by atoms with Crippen LogP contribution in [0.25, 0.3) is 22.2 Å². The van der Waals surface area contributed by atoms with Crippen LogP contribution >= 0.6 is 0 Å². The van der Waals surface area contributed by atoms with Crippen LogP contribution in [-0.2, 0) is 30.6 Å². The number of carbonyl (C=O) groups is 1. The van der Waals surface area contributed by atoms with Crippen molar-refractivity contribution < 1.29 is 21.6 Å². The third-order valence-corrected chi connectivity index (χ3v) is 11.4. The number of hydrogen-bond acceptors (Lipinski definition) is 8. The van der Waals surface area contributed by atoms with Crippen molar-refractivity contribution in [3.63, 3.8) is 0 Å². The monoisotopic (exact) mass is 580 g/mol. The second-order valence-electron chi connectivity index (χ2n) is 10.2. The predicted molar refractivity (Wildman–Crippen MR) is 148 cm³/mol. The zero-order chi connectivity index (χ0) is 28.1. The number of sulfonamides is 2. The van der Waals surface area contributed by atoms with Crippen molar-refractivity contribution in [1.82, 2.24) is 29.2 Å². The second kappa shape index (κ2) is 10.1. The molecule has 2 aliphatic heterocycles. The number of amides is 1. The van der Waals surface area contributed by atoms with Crippen LogP contribution in [0.5, 0.6) is 0 Å². The summed E-state index contributed by atoms with van der Waals surface area (Å²) >= 11 is 0. The Balaban J connectivity index is 1.32. The Kier molecular flexibility index (Phi) is 6.67. The Labute approximate surface area is 232 Å². The van der Waals surface area contributed by atoms with Crippen LogP contribution in [0, 0.1) is 5.92 Å². The Hall–Kier alpha value is -3.68. The lowest BCUT2D eigenvalue weighted by Crippen LogP contribution is -2.43. The number of carbonyl (C=O) groups excluding carboxylic acids is 1. The number of nitrogens with zero attached hydrogens (tertiary/aromatic N) is 5. The van der Waals surface area contributed by atoms with Gasteiger partial charge in [-0.15, -0.1) is 5.10 Å². The van der Waals surface area contributed by atoms with Crippen LogP contribution in [0.4, 0.5) is 0 Å². The first kappa shape index (κ1) is 26.5. The Morgan fingerprint density at radius 3 is 2.52 bits per heavy atom. The number of hydrogen-bond donors (Lipinski definition) is 1. The molecule has 3 atom stereocenters. The summed E-state index contributed by atoms with van der Waals surface area (Å²) in [6.07, 6.45) is 1.25. The van der Waals surface area contributed by atoms with Crippen molar-refractivity contribution in [2.75, 3.05) is 6.54 Å². The number of fused-ring (bicyclic) bond motifs is 2. The van der Waals surface area contributed by atoms with Crippen LogP contribution in [-0.4, -0.2) is 70.6 Å². The fraction of sp³-hybridized carbons (Fsp3) is 0.333. The molecule has 6 rings (SSSR count). The third kappa shape index (κ3) is 4.47. The van der Waals surface area contributed by atoms with Gasteiger partial charge < -0.3 is 0 Å². The van der Waals surface area contributed by atoms with Gasteiger partial charge in [-0.1, -0.05) is 61.9 Å². The minimum atomic E-state index is -4.20. The first-order valence-corrected chi connectivity index (χ1v) is 16.2. The second-order valence-corrected chi connectivity index (χ2v) is 13.9. The number of H-pyrrole nitrogens is 1. The molecule has 40 heavy (non-hydrogen) atoms. The van der Waals surface area contributed by atoms with Gasteiger partial charge >= 0.3 is 0 Å². The van der Waals surface area contributed by atoms with E-state index in [1.807, 2.05) is 31.2 Å². The summed E-state index contributed by atoms with van der Waals surface area (Å²) in [6.45, 7) is 2.04. The van der Waals surface area contributed by atoms with Gasteiger partial charge in [0.15, 0.2) is 5.82 Å². The van der Waals surface area contributed by atoms with Crippen molar-refractivity contribution in [3.8, 4) is 11.4 Å². The predicted octanol–water partition coefficient (Wildman–Crippen LogP) is 2.94. The largest absolute Gasteiger partial charge is 0.273 e. The molecule has 1 aromatic heterocycles. The highest BCUT2D eigenvalue weighted by Crippen LogP contribution is 2.43. The zero-order valence-electron chi connectivity index (χ0n) is 21.7. The first-order chi connectivity index (χ1) is 19.2. The highest BCUT2D eigenvalue weighted by molar-refractivity contribution is 7.89. The average molecular weight is 581 g/mol. The average Bonchev–Trinajstić information content (AvgIpc) is 3.67. The van der Waals surface area contributed by atoms with E-state index in [9.17, 15) is 21.6 Å². The van der Waals surface area contributed by atoms with Gasteiger partial charge in [0, 0.05) is 12.1 Å². The van der Waals surface area contributed by atoms with Crippen molar-refractivity contribution in [1.29, 1.82) is 0 Å². The molecule has 2 fully saturated rings. The molecule has 2 aliphatic rings. The summed E-state index contributed by atoms with van der Waals surface area (Å²) in [5, 5.41) is 15.3. The molecule has 4 aromatic rings. The summed E-state index contributed by atoms with van der Waals surface area (Å²) in [5.41, 5.74) is 1.18.